The third-order valence-electron chi connectivity index (χ3n) is 6.79. The zero-order valence-corrected chi connectivity index (χ0v) is 23.6. The molecule has 2 heterocycles. The van der Waals surface area contributed by atoms with Crippen LogP contribution in [0, 0.1) is 0 Å². The molecule has 1 fully saturated rings. The fourth-order valence-electron chi connectivity index (χ4n) is 4.71. The zero-order valence-electron chi connectivity index (χ0n) is 23.6. The average Bonchev–Trinajstić information content (AvgIpc) is 3.14. The van der Waals surface area contributed by atoms with Crippen LogP contribution in [0.15, 0.2) is 18.2 Å². The van der Waals surface area contributed by atoms with Gasteiger partial charge in [0.05, 0.1) is 23.1 Å². The number of rotatable bonds is 14. The van der Waals surface area contributed by atoms with E-state index >= 15 is 0 Å². The summed E-state index contributed by atoms with van der Waals surface area (Å²) in [5, 5.41) is 7.91. The number of benzene rings is 1. The van der Waals surface area contributed by atoms with E-state index in [4.69, 9.17) is 4.74 Å². The van der Waals surface area contributed by atoms with E-state index in [1.807, 2.05) is 20.8 Å². The minimum Gasteiger partial charge on any atom is -0.366 e. The Morgan fingerprint density at radius 2 is 1.55 bits per heavy atom. The number of piperidine rings is 1. The maximum Gasteiger partial charge on any atom is 0.262 e. The van der Waals surface area contributed by atoms with Crippen molar-refractivity contribution in [3.8, 4) is 0 Å². The van der Waals surface area contributed by atoms with Crippen LogP contribution in [-0.4, -0.2) is 71.7 Å². The van der Waals surface area contributed by atoms with Gasteiger partial charge in [0.1, 0.15) is 12.6 Å². The average molecular weight is 557 g/mol. The van der Waals surface area contributed by atoms with Crippen LogP contribution < -0.4 is 16.0 Å². The summed E-state index contributed by atoms with van der Waals surface area (Å²) in [6.45, 7) is 6.93. The van der Waals surface area contributed by atoms with Crippen LogP contribution in [0.4, 0.5) is 0 Å². The van der Waals surface area contributed by atoms with Gasteiger partial charge in [-0.25, -0.2) is 0 Å². The number of carbonyl (C=O) groups is 6. The third kappa shape index (κ3) is 8.70. The normalized spacial score (nSPS) is 17.1. The first kappa shape index (κ1) is 30.9. The Kier molecular flexibility index (Phi) is 10.9. The molecule has 0 saturated carbocycles. The van der Waals surface area contributed by atoms with Crippen molar-refractivity contribution in [2.75, 3.05) is 19.7 Å². The van der Waals surface area contributed by atoms with Crippen molar-refractivity contribution in [1.29, 1.82) is 0 Å². The predicted octanol–water partition coefficient (Wildman–Crippen LogP) is 2.02. The molecule has 0 aliphatic carbocycles. The van der Waals surface area contributed by atoms with Gasteiger partial charge in [-0.3, -0.25) is 39.0 Å². The topological polar surface area (TPSA) is 151 Å². The van der Waals surface area contributed by atoms with E-state index in [1.165, 1.54) is 6.07 Å². The van der Waals surface area contributed by atoms with E-state index in [0.717, 1.165) is 43.4 Å². The number of nitrogens with one attached hydrogen (secondary N) is 3. The highest BCUT2D eigenvalue weighted by Crippen LogP contribution is 2.30. The third-order valence-corrected chi connectivity index (χ3v) is 6.79. The highest BCUT2D eigenvalue weighted by molar-refractivity contribution is 6.24. The fourth-order valence-corrected chi connectivity index (χ4v) is 4.71. The quantitative estimate of drug-likeness (QED) is 0.234. The van der Waals surface area contributed by atoms with Gasteiger partial charge in [0.2, 0.25) is 23.6 Å². The highest BCUT2D eigenvalue weighted by atomic mass is 16.5. The summed E-state index contributed by atoms with van der Waals surface area (Å²) in [6, 6.07) is 3.72. The Bertz CT molecular complexity index is 1140. The first-order valence-corrected chi connectivity index (χ1v) is 14.0. The van der Waals surface area contributed by atoms with Crippen LogP contribution in [-0.2, 0) is 30.3 Å². The maximum absolute atomic E-state index is 13.1. The molecule has 0 bridgehead atoms. The van der Waals surface area contributed by atoms with Crippen molar-refractivity contribution >= 4 is 35.4 Å². The summed E-state index contributed by atoms with van der Waals surface area (Å²) in [5.74, 6) is -2.66. The van der Waals surface area contributed by atoms with E-state index in [-0.39, 0.29) is 54.4 Å². The van der Waals surface area contributed by atoms with Crippen molar-refractivity contribution in [2.24, 2.45) is 0 Å². The number of fused-ring (bicyclic) bond motifs is 1. The minimum atomic E-state index is -1.04. The molecule has 1 aromatic carbocycles. The van der Waals surface area contributed by atoms with Gasteiger partial charge in [0, 0.05) is 19.5 Å². The lowest BCUT2D eigenvalue weighted by Crippen LogP contribution is -2.54. The molecule has 3 N–H and O–H groups in total. The van der Waals surface area contributed by atoms with Crippen LogP contribution in [0.1, 0.15) is 98.4 Å². The molecule has 1 unspecified atom stereocenters. The summed E-state index contributed by atoms with van der Waals surface area (Å²) in [6.07, 6.45) is 5.82. The molecule has 0 spiro atoms. The summed E-state index contributed by atoms with van der Waals surface area (Å²) < 4.78 is 5.44. The Balaban J connectivity index is 1.33. The lowest BCUT2D eigenvalue weighted by molar-refractivity contribution is -0.136. The number of amides is 6. The standard InChI is InChI=1S/C29H40N4O7/c1-29(2,3)40-18-24(36)31-16-9-7-5-4-6-8-15-30-23(35)17-19-11-10-12-20-25(19)28(39)33(27(20)38)21-13-14-22(34)32-26(21)37/h10-12,21H,4-9,13-18H2,1-3H3,(H,30,35)(H,31,36)(H,32,34,37). The van der Waals surface area contributed by atoms with Gasteiger partial charge in [-0.15, -0.1) is 0 Å². The van der Waals surface area contributed by atoms with E-state index < -0.39 is 29.7 Å². The van der Waals surface area contributed by atoms with Gasteiger partial charge < -0.3 is 15.4 Å². The fraction of sp³-hybridized carbons (Fsp3) is 0.586. The number of imide groups is 2. The molecule has 1 aromatic rings. The van der Waals surface area contributed by atoms with Crippen molar-refractivity contribution in [3.05, 3.63) is 34.9 Å². The van der Waals surface area contributed by atoms with E-state index in [1.54, 1.807) is 12.1 Å². The Morgan fingerprint density at radius 1 is 0.925 bits per heavy atom. The zero-order chi connectivity index (χ0) is 29.3. The van der Waals surface area contributed by atoms with E-state index in [2.05, 4.69) is 16.0 Å². The second-order valence-corrected chi connectivity index (χ2v) is 11.2. The van der Waals surface area contributed by atoms with Crippen LogP contribution in [0.3, 0.4) is 0 Å². The van der Waals surface area contributed by atoms with E-state index in [9.17, 15) is 28.8 Å². The molecule has 218 valence electrons. The van der Waals surface area contributed by atoms with Gasteiger partial charge in [-0.2, -0.15) is 0 Å². The molecule has 2 aliphatic rings. The molecule has 0 radical (unpaired) electrons. The first-order valence-electron chi connectivity index (χ1n) is 14.0. The summed E-state index contributed by atoms with van der Waals surface area (Å²) in [7, 11) is 0. The van der Waals surface area contributed by atoms with Crippen LogP contribution in [0.25, 0.3) is 0 Å². The monoisotopic (exact) mass is 556 g/mol. The van der Waals surface area contributed by atoms with Crippen molar-refractivity contribution in [1.82, 2.24) is 20.9 Å². The molecule has 11 nitrogen and oxygen atoms in total. The Morgan fingerprint density at radius 3 is 2.17 bits per heavy atom. The Hall–Kier alpha value is -3.60. The van der Waals surface area contributed by atoms with E-state index in [0.29, 0.717) is 18.7 Å². The van der Waals surface area contributed by atoms with Crippen LogP contribution in [0.5, 0.6) is 0 Å². The lowest BCUT2D eigenvalue weighted by Gasteiger charge is -2.27. The smallest absolute Gasteiger partial charge is 0.262 e. The van der Waals surface area contributed by atoms with Crippen molar-refractivity contribution in [3.63, 3.8) is 0 Å². The Labute approximate surface area is 234 Å². The number of hydrogen-bond donors (Lipinski definition) is 3. The number of carbonyl (C=O) groups excluding carboxylic acids is 6. The molecule has 11 heteroatoms. The maximum atomic E-state index is 13.1. The second kappa shape index (κ2) is 14.2. The van der Waals surface area contributed by atoms with Gasteiger partial charge in [-0.1, -0.05) is 37.8 Å². The minimum absolute atomic E-state index is 0.0466. The van der Waals surface area contributed by atoms with Crippen LogP contribution >= 0.6 is 0 Å². The molecule has 3 rings (SSSR count). The molecular weight excluding hydrogens is 516 g/mol. The van der Waals surface area contributed by atoms with Crippen molar-refractivity contribution < 1.29 is 33.5 Å². The molecule has 2 aliphatic heterocycles. The largest absolute Gasteiger partial charge is 0.366 e. The van der Waals surface area contributed by atoms with Crippen molar-refractivity contribution in [2.45, 2.75) is 90.2 Å². The van der Waals surface area contributed by atoms with Crippen LogP contribution in [0.2, 0.25) is 0 Å². The van der Waals surface area contributed by atoms with Gasteiger partial charge >= 0.3 is 0 Å². The molecule has 1 saturated heterocycles. The first-order chi connectivity index (χ1) is 19.0. The number of unbranched alkanes of at least 4 members (excludes halogenated alkanes) is 5. The summed E-state index contributed by atoms with van der Waals surface area (Å²) >= 11 is 0. The summed E-state index contributed by atoms with van der Waals surface area (Å²) in [5.41, 5.74) is 0.405. The lowest BCUT2D eigenvalue weighted by atomic mass is 10.00. The van der Waals surface area contributed by atoms with Gasteiger partial charge in [0.15, 0.2) is 0 Å². The van der Waals surface area contributed by atoms with Gasteiger partial charge in [0.25, 0.3) is 11.8 Å². The highest BCUT2D eigenvalue weighted by Gasteiger charge is 2.45. The number of hydrogen-bond acceptors (Lipinski definition) is 7. The predicted molar refractivity (Wildman–Crippen MR) is 146 cm³/mol. The number of nitrogens with zero attached hydrogens (tertiary/aromatic N) is 1. The molecule has 1 atom stereocenters. The molecule has 0 aromatic heterocycles. The molecule has 6 amide bonds. The SMILES string of the molecule is CC(C)(C)OCC(=O)NCCCCCCCCNC(=O)Cc1cccc2c1C(=O)N(C1CCC(=O)NC1=O)C2=O. The molecular formula is C29H40N4O7. The molecule has 40 heavy (non-hydrogen) atoms. The summed E-state index contributed by atoms with van der Waals surface area (Å²) in [4.78, 5) is 75.0. The number of ether oxygens (including phenoxy) is 1. The van der Waals surface area contributed by atoms with Gasteiger partial charge in [-0.05, 0) is 51.7 Å². The second-order valence-electron chi connectivity index (χ2n) is 11.2.